The number of aliphatic carboxylic acids is 1. The van der Waals surface area contributed by atoms with Gasteiger partial charge in [-0.25, -0.2) is 13.2 Å². The molecule has 2 aliphatic heterocycles. The lowest BCUT2D eigenvalue weighted by molar-refractivity contribution is -0.150. The number of fused-ring (bicyclic) bond motifs is 1. The second kappa shape index (κ2) is 11.1. The Bertz CT molecular complexity index is 1030. The second-order valence-electron chi connectivity index (χ2n) is 6.32. The number of hydrogen-bond acceptors (Lipinski definition) is 11. The molecular weight excluding hydrogens is 504 g/mol. The Labute approximate surface area is 196 Å². The number of hydrogen-bond donors (Lipinski definition) is 2. The summed E-state index contributed by atoms with van der Waals surface area (Å²) in [6.07, 6.45) is 0.881. The van der Waals surface area contributed by atoms with Crippen molar-refractivity contribution >= 4 is 73.4 Å². The molecule has 2 aliphatic rings. The molecule has 0 aromatic rings. The van der Waals surface area contributed by atoms with Crippen LogP contribution in [-0.2, 0) is 33.9 Å². The van der Waals surface area contributed by atoms with Crippen LogP contribution in [0.4, 0.5) is 0 Å². The number of carbonyl (C=O) groups excluding carboxylic acids is 3. The third kappa shape index (κ3) is 6.89. The van der Waals surface area contributed by atoms with Crippen LogP contribution in [0.2, 0.25) is 0 Å². The van der Waals surface area contributed by atoms with Crippen molar-refractivity contribution in [3.05, 3.63) is 11.3 Å². The summed E-state index contributed by atoms with van der Waals surface area (Å²) in [7, 11) is -3.72. The van der Waals surface area contributed by atoms with Gasteiger partial charge in [0.15, 0.2) is 0 Å². The van der Waals surface area contributed by atoms with Gasteiger partial charge in [0.1, 0.15) is 28.1 Å². The van der Waals surface area contributed by atoms with Crippen molar-refractivity contribution in [2.75, 3.05) is 30.1 Å². The molecule has 12 nitrogen and oxygen atoms in total. The molecule has 32 heavy (non-hydrogen) atoms. The first kappa shape index (κ1) is 26.0. The van der Waals surface area contributed by atoms with Gasteiger partial charge in [-0.1, -0.05) is 23.5 Å². The number of nitriles is 1. The van der Waals surface area contributed by atoms with E-state index < -0.39 is 45.2 Å². The number of carboxylic acid groups (broad SMARTS) is 1. The zero-order valence-corrected chi connectivity index (χ0v) is 20.0. The highest BCUT2D eigenvalue weighted by atomic mass is 32.2. The quantitative estimate of drug-likeness (QED) is 0.182. The number of nitrogens with zero attached hydrogens (tertiary/aromatic N) is 3. The molecule has 2 rings (SSSR count). The Morgan fingerprint density at radius 1 is 1.41 bits per heavy atom. The lowest BCUT2D eigenvalue weighted by atomic mass is 10.0. The number of nitrogens with one attached hydrogen (secondary N) is 1. The Morgan fingerprint density at radius 3 is 2.66 bits per heavy atom. The highest BCUT2D eigenvalue weighted by molar-refractivity contribution is 8.39. The van der Waals surface area contributed by atoms with Crippen LogP contribution in [0.15, 0.2) is 15.7 Å². The molecule has 1 saturated heterocycles. The van der Waals surface area contributed by atoms with Gasteiger partial charge in [0, 0.05) is 18.2 Å². The van der Waals surface area contributed by atoms with Crippen LogP contribution in [-0.4, -0.2) is 88.1 Å². The van der Waals surface area contributed by atoms with Crippen molar-refractivity contribution in [2.24, 2.45) is 4.40 Å². The first-order chi connectivity index (χ1) is 14.9. The van der Waals surface area contributed by atoms with Gasteiger partial charge in [-0.3, -0.25) is 19.3 Å². The van der Waals surface area contributed by atoms with E-state index in [9.17, 15) is 32.7 Å². The van der Waals surface area contributed by atoms with Crippen LogP contribution in [0.1, 0.15) is 6.92 Å². The normalized spacial score (nSPS) is 20.7. The first-order valence-electron chi connectivity index (χ1n) is 8.69. The second-order valence-corrected chi connectivity index (χ2v) is 11.3. The third-order valence-corrected chi connectivity index (χ3v) is 7.99. The summed E-state index contributed by atoms with van der Waals surface area (Å²) >= 11 is 2.89. The summed E-state index contributed by atoms with van der Waals surface area (Å²) in [6, 6.07) is 0.873. The maximum atomic E-state index is 12.5. The molecule has 0 radical (unpaired) electrons. The van der Waals surface area contributed by atoms with E-state index in [2.05, 4.69) is 9.71 Å². The van der Waals surface area contributed by atoms with Gasteiger partial charge in [0.25, 0.3) is 15.9 Å². The number of carboxylic acids is 1. The highest BCUT2D eigenvalue weighted by Crippen LogP contribution is 2.40. The fourth-order valence-corrected chi connectivity index (χ4v) is 6.69. The summed E-state index contributed by atoms with van der Waals surface area (Å²) < 4.78 is 31.0. The number of sulfonamides is 1. The predicted octanol–water partition coefficient (Wildman–Crippen LogP) is -0.406. The smallest absolute Gasteiger partial charge is 0.352 e. The molecule has 2 N–H and O–H groups in total. The molecule has 2 amide bonds. The van der Waals surface area contributed by atoms with Gasteiger partial charge in [0.05, 0.1) is 23.8 Å². The van der Waals surface area contributed by atoms with E-state index in [1.165, 1.54) is 18.7 Å². The van der Waals surface area contributed by atoms with Crippen LogP contribution < -0.4 is 5.32 Å². The minimum atomic E-state index is -3.72. The molecule has 1 fully saturated rings. The number of β-lactam (4-membered cyclic amide) rings is 1. The Kier molecular flexibility index (Phi) is 9.01. The van der Waals surface area contributed by atoms with Crippen LogP contribution in [0.5, 0.6) is 0 Å². The van der Waals surface area contributed by atoms with E-state index in [4.69, 9.17) is 10.00 Å². The van der Waals surface area contributed by atoms with E-state index in [0.29, 0.717) is 0 Å². The molecule has 0 unspecified atom stereocenters. The van der Waals surface area contributed by atoms with Crippen molar-refractivity contribution in [3.8, 4) is 6.07 Å². The van der Waals surface area contributed by atoms with E-state index >= 15 is 0 Å². The zero-order valence-electron chi connectivity index (χ0n) is 16.8. The van der Waals surface area contributed by atoms with E-state index in [1.54, 1.807) is 0 Å². The SMILES string of the molecule is CC(=O)OCC1=C(C(=O)O)N2C(=O)[C@@H](NC(=O)CSC(=NS(C)(=O)=O)SCC#N)[C@H]2SC1. The molecule has 0 aliphatic carbocycles. The molecule has 2 heterocycles. The van der Waals surface area contributed by atoms with Gasteiger partial charge >= 0.3 is 11.9 Å². The lowest BCUT2D eigenvalue weighted by Crippen LogP contribution is -2.70. The zero-order chi connectivity index (χ0) is 24.1. The topological polar surface area (TPSA) is 183 Å². The predicted molar refractivity (Wildman–Crippen MR) is 119 cm³/mol. The van der Waals surface area contributed by atoms with Gasteiger partial charge in [0.2, 0.25) is 5.91 Å². The maximum Gasteiger partial charge on any atom is 0.352 e. The number of amides is 2. The van der Waals surface area contributed by atoms with Crippen molar-refractivity contribution in [1.29, 1.82) is 5.26 Å². The van der Waals surface area contributed by atoms with Gasteiger partial charge in [-0.15, -0.1) is 16.2 Å². The van der Waals surface area contributed by atoms with Crippen LogP contribution in [0, 0.1) is 11.3 Å². The molecule has 0 aromatic carbocycles. The van der Waals surface area contributed by atoms with Gasteiger partial charge < -0.3 is 15.2 Å². The molecule has 174 valence electrons. The summed E-state index contributed by atoms with van der Waals surface area (Å²) in [5, 5.41) is 20.0. The summed E-state index contributed by atoms with van der Waals surface area (Å²) in [6.45, 7) is 0.931. The maximum absolute atomic E-state index is 12.5. The van der Waals surface area contributed by atoms with Gasteiger partial charge in [-0.2, -0.15) is 5.26 Å². The van der Waals surface area contributed by atoms with Crippen LogP contribution in [0.3, 0.4) is 0 Å². The van der Waals surface area contributed by atoms with Crippen molar-refractivity contribution in [1.82, 2.24) is 10.2 Å². The molecule has 0 saturated carbocycles. The van der Waals surface area contributed by atoms with Crippen LogP contribution in [0.25, 0.3) is 0 Å². The minimum absolute atomic E-state index is 0.0176. The number of rotatable bonds is 8. The number of carbonyl (C=O) groups is 4. The van der Waals surface area contributed by atoms with E-state index in [-0.39, 0.29) is 39.5 Å². The van der Waals surface area contributed by atoms with Crippen LogP contribution >= 0.6 is 35.3 Å². The van der Waals surface area contributed by atoms with Gasteiger partial charge in [-0.05, 0) is 0 Å². The number of esters is 1. The Morgan fingerprint density at radius 2 is 2.09 bits per heavy atom. The van der Waals surface area contributed by atoms with E-state index in [0.717, 1.165) is 34.7 Å². The summed E-state index contributed by atoms with van der Waals surface area (Å²) in [5.74, 6) is -3.26. The monoisotopic (exact) mass is 522 g/mol. The fourth-order valence-electron chi connectivity index (χ4n) is 2.65. The Hall–Kier alpha value is -2.22. The first-order valence-corrected chi connectivity index (χ1v) is 13.6. The standard InChI is InChI=1S/C16H18N4O8S4/c1-8(21)28-5-9-6-30-14-11(13(23)20(14)12(9)15(24)25)18-10(22)7-31-16(29-4-3-17)19-32(2,26)27/h11,14H,4-7H2,1-2H3,(H,18,22)(H,24,25)/t11-,14-/m1/s1. The summed E-state index contributed by atoms with van der Waals surface area (Å²) in [5.41, 5.74) is 0.00845. The molecule has 16 heteroatoms. The Balaban J connectivity index is 2.03. The average molecular weight is 523 g/mol. The molecule has 0 spiro atoms. The molecule has 2 atom stereocenters. The highest BCUT2D eigenvalue weighted by Gasteiger charge is 2.54. The average Bonchev–Trinajstić information content (AvgIpc) is 2.70. The lowest BCUT2D eigenvalue weighted by Gasteiger charge is -2.49. The largest absolute Gasteiger partial charge is 0.477 e. The molecule has 0 aromatic heterocycles. The van der Waals surface area contributed by atoms with E-state index in [1.807, 2.05) is 6.07 Å². The van der Waals surface area contributed by atoms with Crippen molar-refractivity contribution in [3.63, 3.8) is 0 Å². The molecular formula is C16H18N4O8S4. The van der Waals surface area contributed by atoms with Crippen molar-refractivity contribution in [2.45, 2.75) is 18.3 Å². The van der Waals surface area contributed by atoms with Crippen molar-refractivity contribution < 1.29 is 37.4 Å². The fraction of sp³-hybridized carbons (Fsp3) is 0.500. The molecule has 0 bridgehead atoms. The summed E-state index contributed by atoms with van der Waals surface area (Å²) in [4.78, 5) is 48.6. The third-order valence-electron chi connectivity index (χ3n) is 3.84. The number of thioether (sulfide) groups is 3. The number of ether oxygens (including phenoxy) is 1. The minimum Gasteiger partial charge on any atom is -0.477 e.